The van der Waals surface area contributed by atoms with Gasteiger partial charge < -0.3 is 9.88 Å². The molecule has 1 N–H and O–H groups in total. The highest BCUT2D eigenvalue weighted by atomic mass is 32.1. The van der Waals surface area contributed by atoms with Crippen LogP contribution in [0, 0.1) is 19.3 Å². The Morgan fingerprint density at radius 1 is 1.33 bits per heavy atom. The van der Waals surface area contributed by atoms with Crippen LogP contribution in [-0.2, 0) is 6.54 Å². The lowest BCUT2D eigenvalue weighted by Gasteiger charge is -2.34. The smallest absolute Gasteiger partial charge is 0.0946 e. The summed E-state index contributed by atoms with van der Waals surface area (Å²) >= 11 is 1.88. The van der Waals surface area contributed by atoms with Gasteiger partial charge in [0.2, 0.25) is 0 Å². The van der Waals surface area contributed by atoms with Crippen LogP contribution in [0.3, 0.4) is 0 Å². The summed E-state index contributed by atoms with van der Waals surface area (Å²) in [7, 11) is 0. The Morgan fingerprint density at radius 2 is 2.05 bits per heavy atom. The zero-order valence-corrected chi connectivity index (χ0v) is 14.8. The predicted octanol–water partition coefficient (Wildman–Crippen LogP) is 4.33. The van der Waals surface area contributed by atoms with Gasteiger partial charge in [-0.3, -0.25) is 0 Å². The summed E-state index contributed by atoms with van der Waals surface area (Å²) in [4.78, 5) is 6.96. The zero-order valence-electron chi connectivity index (χ0n) is 14.0. The normalized spacial score (nSPS) is 15.1. The molecule has 116 valence electrons. The van der Waals surface area contributed by atoms with E-state index < -0.39 is 0 Å². The van der Waals surface area contributed by atoms with E-state index in [9.17, 15) is 0 Å². The van der Waals surface area contributed by atoms with Gasteiger partial charge in [-0.25, -0.2) is 4.98 Å². The van der Waals surface area contributed by atoms with Crippen molar-refractivity contribution in [2.24, 2.45) is 5.41 Å². The Bertz CT molecular complexity index is 563. The number of nitrogens with zero attached hydrogens (tertiary/aromatic N) is 2. The molecule has 0 aliphatic rings. The first-order valence-electron chi connectivity index (χ1n) is 7.56. The maximum absolute atomic E-state index is 4.15. The molecule has 2 rings (SSSR count). The summed E-state index contributed by atoms with van der Waals surface area (Å²) in [6.07, 6.45) is 5.77. The molecule has 2 aromatic rings. The van der Waals surface area contributed by atoms with Crippen molar-refractivity contribution in [2.75, 3.05) is 0 Å². The maximum Gasteiger partial charge on any atom is 0.0946 e. The van der Waals surface area contributed by atoms with Crippen molar-refractivity contribution >= 4 is 11.3 Å². The standard InChI is InChI=1S/C17H27N3S/c1-12-9-15(14(3)21-12)13(2)19-16(17(4,5)6)10-20-8-7-18-11-20/h7-9,11,13,16,19H,10H2,1-6H3. The highest BCUT2D eigenvalue weighted by Gasteiger charge is 2.27. The van der Waals surface area contributed by atoms with Gasteiger partial charge >= 0.3 is 0 Å². The van der Waals surface area contributed by atoms with E-state index in [1.54, 1.807) is 0 Å². The highest BCUT2D eigenvalue weighted by molar-refractivity contribution is 7.12. The molecule has 2 aromatic heterocycles. The minimum Gasteiger partial charge on any atom is -0.336 e. The lowest BCUT2D eigenvalue weighted by molar-refractivity contribution is 0.225. The van der Waals surface area contributed by atoms with Gasteiger partial charge in [0.25, 0.3) is 0 Å². The van der Waals surface area contributed by atoms with E-state index in [4.69, 9.17) is 0 Å². The van der Waals surface area contributed by atoms with Crippen LogP contribution in [0.5, 0.6) is 0 Å². The fraction of sp³-hybridized carbons (Fsp3) is 0.588. The van der Waals surface area contributed by atoms with Crippen molar-refractivity contribution in [3.05, 3.63) is 40.1 Å². The van der Waals surface area contributed by atoms with Crippen LogP contribution in [0.1, 0.15) is 49.1 Å². The molecule has 2 heterocycles. The van der Waals surface area contributed by atoms with E-state index in [0.717, 1.165) is 6.54 Å². The Morgan fingerprint density at radius 3 is 2.52 bits per heavy atom. The molecule has 4 heteroatoms. The van der Waals surface area contributed by atoms with Crippen LogP contribution >= 0.6 is 11.3 Å². The number of hydrogen-bond acceptors (Lipinski definition) is 3. The van der Waals surface area contributed by atoms with Gasteiger partial charge in [-0.1, -0.05) is 20.8 Å². The van der Waals surface area contributed by atoms with E-state index in [2.05, 4.69) is 62.5 Å². The average Bonchev–Trinajstić information content (AvgIpc) is 2.96. The molecule has 0 radical (unpaired) electrons. The van der Waals surface area contributed by atoms with Gasteiger partial charge in [-0.2, -0.15) is 0 Å². The Kier molecular flexibility index (Phi) is 4.89. The van der Waals surface area contributed by atoms with Crippen molar-refractivity contribution < 1.29 is 0 Å². The molecule has 0 amide bonds. The molecule has 0 aliphatic heterocycles. The fourth-order valence-corrected chi connectivity index (χ4v) is 3.68. The Labute approximate surface area is 132 Å². The number of imidazole rings is 1. The lowest BCUT2D eigenvalue weighted by atomic mass is 9.85. The zero-order chi connectivity index (χ0) is 15.6. The number of rotatable bonds is 5. The summed E-state index contributed by atoms with van der Waals surface area (Å²) in [6.45, 7) is 14.5. The van der Waals surface area contributed by atoms with E-state index in [-0.39, 0.29) is 5.41 Å². The van der Waals surface area contributed by atoms with E-state index in [1.165, 1.54) is 15.3 Å². The number of nitrogens with one attached hydrogen (secondary N) is 1. The van der Waals surface area contributed by atoms with Crippen molar-refractivity contribution in [3.63, 3.8) is 0 Å². The van der Waals surface area contributed by atoms with Crippen LogP contribution < -0.4 is 5.32 Å². The lowest BCUT2D eigenvalue weighted by Crippen LogP contribution is -2.44. The fourth-order valence-electron chi connectivity index (χ4n) is 2.65. The molecule has 0 saturated heterocycles. The topological polar surface area (TPSA) is 29.9 Å². The number of aromatic nitrogens is 2. The quantitative estimate of drug-likeness (QED) is 0.891. The summed E-state index contributed by atoms with van der Waals surface area (Å²) < 4.78 is 2.15. The first kappa shape index (κ1) is 16.2. The predicted molar refractivity (Wildman–Crippen MR) is 90.8 cm³/mol. The molecular weight excluding hydrogens is 278 g/mol. The molecule has 2 atom stereocenters. The van der Waals surface area contributed by atoms with Gasteiger partial charge in [0.05, 0.1) is 6.33 Å². The van der Waals surface area contributed by atoms with Gasteiger partial charge in [0.15, 0.2) is 0 Å². The van der Waals surface area contributed by atoms with E-state index >= 15 is 0 Å². The molecule has 0 bridgehead atoms. The van der Waals surface area contributed by atoms with Gasteiger partial charge in [0.1, 0.15) is 0 Å². The Hall–Kier alpha value is -1.13. The van der Waals surface area contributed by atoms with Crippen LogP contribution in [0.4, 0.5) is 0 Å². The average molecular weight is 305 g/mol. The third-order valence-corrected chi connectivity index (χ3v) is 4.98. The van der Waals surface area contributed by atoms with Crippen LogP contribution in [0.2, 0.25) is 0 Å². The van der Waals surface area contributed by atoms with Crippen LogP contribution in [-0.4, -0.2) is 15.6 Å². The molecule has 0 aliphatic carbocycles. The molecule has 0 aromatic carbocycles. The molecule has 21 heavy (non-hydrogen) atoms. The summed E-state index contributed by atoms with van der Waals surface area (Å²) in [5, 5.41) is 3.82. The summed E-state index contributed by atoms with van der Waals surface area (Å²) in [6, 6.07) is 3.07. The number of thiophene rings is 1. The maximum atomic E-state index is 4.15. The Balaban J connectivity index is 2.13. The van der Waals surface area contributed by atoms with Crippen LogP contribution in [0.15, 0.2) is 24.8 Å². The van der Waals surface area contributed by atoms with E-state index in [0.29, 0.717) is 12.1 Å². The van der Waals surface area contributed by atoms with Gasteiger partial charge in [-0.05, 0) is 37.8 Å². The van der Waals surface area contributed by atoms with Crippen molar-refractivity contribution in [2.45, 2.75) is 60.2 Å². The molecular formula is C17H27N3S. The molecule has 3 nitrogen and oxygen atoms in total. The van der Waals surface area contributed by atoms with E-state index in [1.807, 2.05) is 30.1 Å². The van der Waals surface area contributed by atoms with Crippen molar-refractivity contribution in [1.29, 1.82) is 0 Å². The summed E-state index contributed by atoms with van der Waals surface area (Å²) in [5.41, 5.74) is 1.62. The largest absolute Gasteiger partial charge is 0.336 e. The first-order valence-corrected chi connectivity index (χ1v) is 8.37. The minimum atomic E-state index is 0.192. The molecule has 0 spiro atoms. The van der Waals surface area contributed by atoms with Crippen LogP contribution in [0.25, 0.3) is 0 Å². The summed E-state index contributed by atoms with van der Waals surface area (Å²) in [5.74, 6) is 0. The second-order valence-electron chi connectivity index (χ2n) is 6.94. The molecule has 0 fully saturated rings. The number of aryl methyl sites for hydroxylation is 2. The monoisotopic (exact) mass is 305 g/mol. The van der Waals surface area contributed by atoms with Gasteiger partial charge in [-0.15, -0.1) is 11.3 Å². The van der Waals surface area contributed by atoms with Crippen molar-refractivity contribution in [3.8, 4) is 0 Å². The SMILES string of the molecule is Cc1cc(C(C)NC(Cn2ccnc2)C(C)(C)C)c(C)s1. The molecule has 2 unspecified atom stereocenters. The highest BCUT2D eigenvalue weighted by Crippen LogP contribution is 2.29. The van der Waals surface area contributed by atoms with Crippen molar-refractivity contribution in [1.82, 2.24) is 14.9 Å². The second-order valence-corrected chi connectivity index (χ2v) is 8.40. The molecule has 0 saturated carbocycles. The third kappa shape index (κ3) is 4.17. The third-order valence-electron chi connectivity index (χ3n) is 4.00. The minimum absolute atomic E-state index is 0.192. The second kappa shape index (κ2) is 6.32. The first-order chi connectivity index (χ1) is 9.77. The van der Waals surface area contributed by atoms with Gasteiger partial charge in [0, 0.05) is 40.8 Å². The number of hydrogen-bond donors (Lipinski definition) is 1.